The smallest absolute Gasteiger partial charge is 0.206 e. The number of rotatable bonds is 11. The number of aromatic nitrogens is 2. The molecule has 0 saturated carbocycles. The van der Waals surface area contributed by atoms with Crippen LogP contribution in [0.2, 0.25) is 0 Å². The Labute approximate surface area is 227 Å². The highest BCUT2D eigenvalue weighted by Crippen LogP contribution is 2.41. The van der Waals surface area contributed by atoms with Gasteiger partial charge < -0.3 is 35.2 Å². The number of aliphatic hydroxyl groups excluding tert-OH is 3. The Kier molecular flexibility index (Phi) is 8.15. The number of ether oxygens (including phenoxy) is 2. The van der Waals surface area contributed by atoms with Gasteiger partial charge in [-0.25, -0.2) is 4.98 Å². The number of anilines is 1. The number of para-hydroxylation sites is 2. The van der Waals surface area contributed by atoms with Gasteiger partial charge in [0.2, 0.25) is 5.95 Å². The van der Waals surface area contributed by atoms with Gasteiger partial charge in [-0.3, -0.25) is 4.57 Å². The monoisotopic (exact) mass is 533 g/mol. The number of hydrogen-bond donors (Lipinski definition) is 5. The second-order valence-electron chi connectivity index (χ2n) is 10.0. The van der Waals surface area contributed by atoms with E-state index in [-0.39, 0.29) is 6.61 Å². The number of benzene rings is 3. The van der Waals surface area contributed by atoms with Gasteiger partial charge in [-0.15, -0.1) is 0 Å². The third-order valence-electron chi connectivity index (χ3n) is 7.16. The number of hydrogen-bond acceptors (Lipinski definition) is 8. The number of unbranched alkanes of at least 4 members (excludes halogenated alkanes) is 1. The molecule has 2 heterocycles. The maximum Gasteiger partial charge on any atom is 0.206 e. The van der Waals surface area contributed by atoms with Gasteiger partial charge in [-0.05, 0) is 49.1 Å². The van der Waals surface area contributed by atoms with Crippen molar-refractivity contribution in [1.82, 2.24) is 9.55 Å². The Hall–Kier alpha value is -3.47. The van der Waals surface area contributed by atoms with Crippen LogP contribution in [0.25, 0.3) is 22.2 Å². The van der Waals surface area contributed by atoms with E-state index in [0.717, 1.165) is 34.4 Å². The van der Waals surface area contributed by atoms with E-state index in [1.54, 1.807) is 4.57 Å². The molecule has 3 aromatic carbocycles. The lowest BCUT2D eigenvalue weighted by Crippen LogP contribution is -2.44. The summed E-state index contributed by atoms with van der Waals surface area (Å²) in [6.45, 7) is 2.12. The van der Waals surface area contributed by atoms with Crippen LogP contribution >= 0.6 is 0 Å². The van der Waals surface area contributed by atoms with Crippen molar-refractivity contribution in [1.29, 1.82) is 0 Å². The number of aliphatic hydroxyl groups is 4. The van der Waals surface area contributed by atoms with E-state index < -0.39 is 30.6 Å². The fraction of sp³-hybridized carbons (Fsp3) is 0.367. The molecule has 0 amide bonds. The van der Waals surface area contributed by atoms with Crippen molar-refractivity contribution in [3.63, 3.8) is 0 Å². The van der Waals surface area contributed by atoms with Gasteiger partial charge in [-0.2, -0.15) is 0 Å². The Morgan fingerprint density at radius 3 is 2.54 bits per heavy atom. The van der Waals surface area contributed by atoms with Gasteiger partial charge in [0.15, 0.2) is 6.23 Å². The van der Waals surface area contributed by atoms with Crippen LogP contribution in [0.5, 0.6) is 5.75 Å². The highest BCUT2D eigenvalue weighted by Gasteiger charge is 2.53. The fourth-order valence-electron chi connectivity index (χ4n) is 5.00. The molecule has 4 aromatic rings. The van der Waals surface area contributed by atoms with Crippen LogP contribution in [0.15, 0.2) is 72.8 Å². The summed E-state index contributed by atoms with van der Waals surface area (Å²) in [7, 11) is 0. The van der Waals surface area contributed by atoms with Crippen LogP contribution in [0.1, 0.15) is 31.6 Å². The quantitative estimate of drug-likeness (QED) is 0.185. The van der Waals surface area contributed by atoms with Crippen molar-refractivity contribution in [2.75, 3.05) is 25.1 Å². The summed E-state index contributed by atoms with van der Waals surface area (Å²) in [5.41, 5.74) is 2.76. The Morgan fingerprint density at radius 2 is 1.79 bits per heavy atom. The topological polar surface area (TPSA) is 129 Å². The summed E-state index contributed by atoms with van der Waals surface area (Å²) in [6.07, 6.45) is -1.73. The summed E-state index contributed by atoms with van der Waals surface area (Å²) in [5, 5.41) is 43.9. The van der Waals surface area contributed by atoms with Crippen molar-refractivity contribution in [2.45, 2.75) is 50.3 Å². The molecule has 1 fully saturated rings. The van der Waals surface area contributed by atoms with Gasteiger partial charge in [0, 0.05) is 18.7 Å². The van der Waals surface area contributed by atoms with E-state index >= 15 is 0 Å². The molecule has 9 heteroatoms. The highest BCUT2D eigenvalue weighted by molar-refractivity contribution is 5.79. The summed E-state index contributed by atoms with van der Waals surface area (Å²) in [5.74, 6) is 1.22. The molecule has 0 radical (unpaired) electrons. The van der Waals surface area contributed by atoms with Crippen LogP contribution in [-0.4, -0.2) is 67.6 Å². The second kappa shape index (κ2) is 11.7. The Bertz CT molecular complexity index is 1390. The first-order valence-electron chi connectivity index (χ1n) is 13.2. The number of nitrogens with one attached hydrogen (secondary N) is 1. The van der Waals surface area contributed by atoms with Crippen LogP contribution < -0.4 is 10.1 Å². The molecule has 206 valence electrons. The first-order valence-corrected chi connectivity index (χ1v) is 13.2. The molecule has 4 unspecified atom stereocenters. The molecule has 1 saturated heterocycles. The summed E-state index contributed by atoms with van der Waals surface area (Å²) < 4.78 is 13.8. The number of nitrogens with zero attached hydrogens (tertiary/aromatic N) is 2. The zero-order valence-electron chi connectivity index (χ0n) is 21.9. The maximum atomic E-state index is 11.2. The lowest BCUT2D eigenvalue weighted by Gasteiger charge is -2.29. The fourth-order valence-corrected chi connectivity index (χ4v) is 5.00. The zero-order valence-corrected chi connectivity index (χ0v) is 21.9. The van der Waals surface area contributed by atoms with Gasteiger partial charge in [-0.1, -0.05) is 54.6 Å². The minimum Gasteiger partial charge on any atom is -0.493 e. The van der Waals surface area contributed by atoms with Crippen LogP contribution in [0, 0.1) is 0 Å². The van der Waals surface area contributed by atoms with Gasteiger partial charge >= 0.3 is 0 Å². The number of fused-ring (bicyclic) bond motifs is 1. The van der Waals surface area contributed by atoms with Crippen LogP contribution in [0.3, 0.4) is 0 Å². The standard InChI is InChI=1S/C30H35N3O6/c1-30(37)27(36)26(19-35)39-28(30)33-24-12-6-5-11-23(24)32-29(33)31-18-20-13-14-22(21-9-3-2-4-10-21)25(17-20)38-16-8-7-15-34/h2-6,9-14,17,26-28,34-37H,7-8,15-16,18-19H2,1H3,(H,31,32). The molecule has 0 aliphatic carbocycles. The molecule has 0 bridgehead atoms. The van der Waals surface area contributed by atoms with E-state index in [9.17, 15) is 15.3 Å². The normalized spacial score (nSPS) is 22.8. The highest BCUT2D eigenvalue weighted by atomic mass is 16.6. The molecular formula is C30H35N3O6. The molecule has 39 heavy (non-hydrogen) atoms. The first-order chi connectivity index (χ1) is 18.9. The van der Waals surface area contributed by atoms with E-state index in [4.69, 9.17) is 19.6 Å². The van der Waals surface area contributed by atoms with E-state index in [1.165, 1.54) is 6.92 Å². The van der Waals surface area contributed by atoms with Gasteiger partial charge in [0.1, 0.15) is 23.6 Å². The van der Waals surface area contributed by atoms with Crippen LogP contribution in [0.4, 0.5) is 5.95 Å². The largest absolute Gasteiger partial charge is 0.493 e. The minimum absolute atomic E-state index is 0.132. The molecule has 0 spiro atoms. The molecule has 5 N–H and O–H groups in total. The lowest BCUT2D eigenvalue weighted by molar-refractivity contribution is -0.0939. The zero-order chi connectivity index (χ0) is 27.4. The molecule has 9 nitrogen and oxygen atoms in total. The molecule has 5 rings (SSSR count). The SMILES string of the molecule is CC1(O)C(O)C(CO)OC1n1c(NCc2ccc(-c3ccccc3)c(OCCCCO)c2)nc2ccccc21. The van der Waals surface area contributed by atoms with Crippen molar-refractivity contribution in [3.8, 4) is 16.9 Å². The average Bonchev–Trinajstić information content (AvgIpc) is 3.43. The molecule has 1 aliphatic rings. The summed E-state index contributed by atoms with van der Waals surface area (Å²) in [4.78, 5) is 4.73. The second-order valence-corrected chi connectivity index (χ2v) is 10.0. The Balaban J connectivity index is 1.44. The maximum absolute atomic E-state index is 11.2. The van der Waals surface area contributed by atoms with Crippen molar-refractivity contribution in [2.24, 2.45) is 0 Å². The third kappa shape index (κ3) is 5.50. The molecule has 1 aliphatic heterocycles. The van der Waals surface area contributed by atoms with E-state index in [1.807, 2.05) is 72.8 Å². The van der Waals surface area contributed by atoms with E-state index in [0.29, 0.717) is 31.0 Å². The predicted molar refractivity (Wildman–Crippen MR) is 148 cm³/mol. The van der Waals surface area contributed by atoms with Gasteiger partial charge in [0.25, 0.3) is 0 Å². The number of imidazole rings is 1. The average molecular weight is 534 g/mol. The summed E-state index contributed by atoms with van der Waals surface area (Å²) in [6, 6.07) is 23.6. The summed E-state index contributed by atoms with van der Waals surface area (Å²) >= 11 is 0. The van der Waals surface area contributed by atoms with E-state index in [2.05, 4.69) is 5.32 Å². The first kappa shape index (κ1) is 27.1. The molecular weight excluding hydrogens is 498 g/mol. The van der Waals surface area contributed by atoms with Crippen molar-refractivity contribution < 1.29 is 29.9 Å². The molecule has 1 aromatic heterocycles. The minimum atomic E-state index is -1.65. The van der Waals surface area contributed by atoms with Crippen LogP contribution in [-0.2, 0) is 11.3 Å². The van der Waals surface area contributed by atoms with Crippen molar-refractivity contribution in [3.05, 3.63) is 78.4 Å². The predicted octanol–water partition coefficient (Wildman–Crippen LogP) is 3.47. The third-order valence-corrected chi connectivity index (χ3v) is 7.16. The van der Waals surface area contributed by atoms with Gasteiger partial charge in [0.05, 0.1) is 24.2 Å². The molecule has 4 atom stereocenters. The Morgan fingerprint density at radius 1 is 1.03 bits per heavy atom. The van der Waals surface area contributed by atoms with Crippen molar-refractivity contribution >= 4 is 17.0 Å². The lowest BCUT2D eigenvalue weighted by atomic mass is 9.96.